The second-order valence-corrected chi connectivity index (χ2v) is 11.3. The lowest BCUT2D eigenvalue weighted by Crippen LogP contribution is -2.55. The van der Waals surface area contributed by atoms with Gasteiger partial charge < -0.3 is 5.21 Å². The smallest absolute Gasteiger partial charge is 0.136 e. The molecule has 0 aromatic heterocycles. The van der Waals surface area contributed by atoms with Gasteiger partial charge in [0.25, 0.3) is 0 Å². The third-order valence-electron chi connectivity index (χ3n) is 10.8. The maximum Gasteiger partial charge on any atom is 0.136 e. The predicted molar refractivity (Wildman–Crippen MR) is 111 cm³/mol. The molecule has 0 amide bonds. The van der Waals surface area contributed by atoms with Gasteiger partial charge in [0.1, 0.15) is 5.78 Å². The van der Waals surface area contributed by atoms with Crippen LogP contribution in [-0.4, -0.2) is 16.7 Å². The Labute approximate surface area is 170 Å². The molecule has 4 fully saturated rings. The van der Waals surface area contributed by atoms with Gasteiger partial charge >= 0.3 is 0 Å². The zero-order valence-corrected chi connectivity index (χ0v) is 18.0. The van der Waals surface area contributed by atoms with Gasteiger partial charge in [0.2, 0.25) is 0 Å². The minimum Gasteiger partial charge on any atom is -0.411 e. The van der Waals surface area contributed by atoms with Crippen molar-refractivity contribution in [2.45, 2.75) is 91.4 Å². The van der Waals surface area contributed by atoms with Crippen molar-refractivity contribution < 1.29 is 10.0 Å². The Hall–Kier alpha value is -1.12. The lowest BCUT2D eigenvalue weighted by atomic mass is 9.44. The number of Topliss-reactive ketones (excluding diaryl/α,β-unsaturated/α-hetero) is 1. The molecule has 3 nitrogen and oxygen atoms in total. The zero-order valence-electron chi connectivity index (χ0n) is 18.0. The topological polar surface area (TPSA) is 49.7 Å². The first kappa shape index (κ1) is 18.9. The lowest BCUT2D eigenvalue weighted by molar-refractivity contribution is -0.147. The summed E-state index contributed by atoms with van der Waals surface area (Å²) in [5.41, 5.74) is 2.87. The van der Waals surface area contributed by atoms with Gasteiger partial charge in [-0.05, 0) is 105 Å². The van der Waals surface area contributed by atoms with Crippen molar-refractivity contribution in [1.29, 1.82) is 0 Å². The van der Waals surface area contributed by atoms with E-state index in [-0.39, 0.29) is 16.2 Å². The standard InChI is InChI=1S/C25H37NO2/c1-16(27)25-11-5-4-6-18(25)15-22-20-8-7-17-14-19(26-28)9-12-23(17,2)21(20)10-13-24(22,25)3/h14,18,20-22,28H,4-13,15H2,1-3H3/b26-19+. The second-order valence-electron chi connectivity index (χ2n) is 11.3. The molecule has 3 heteroatoms. The molecule has 0 saturated heterocycles. The van der Waals surface area contributed by atoms with E-state index in [9.17, 15) is 10.0 Å². The van der Waals surface area contributed by atoms with Gasteiger partial charge in [0.05, 0.1) is 5.71 Å². The van der Waals surface area contributed by atoms with Crippen LogP contribution in [0.25, 0.3) is 0 Å². The van der Waals surface area contributed by atoms with Crippen LogP contribution in [0.2, 0.25) is 0 Å². The lowest BCUT2D eigenvalue weighted by Gasteiger charge is -2.60. The van der Waals surface area contributed by atoms with Crippen molar-refractivity contribution in [1.82, 2.24) is 0 Å². The molecule has 7 atom stereocenters. The van der Waals surface area contributed by atoms with Crippen molar-refractivity contribution in [2.24, 2.45) is 45.1 Å². The SMILES string of the molecule is CC(=O)C12CCCCC1CC1C3CCC4=C/C(=N/O)CCC4(C)C3CCC12C. The fourth-order valence-corrected chi connectivity index (χ4v) is 9.45. The fourth-order valence-electron chi connectivity index (χ4n) is 9.45. The highest BCUT2D eigenvalue weighted by molar-refractivity contribution is 5.96. The predicted octanol–water partition coefficient (Wildman–Crippen LogP) is 6.15. The molecule has 0 bridgehead atoms. The van der Waals surface area contributed by atoms with Gasteiger partial charge in [-0.15, -0.1) is 0 Å². The molecule has 0 heterocycles. The molecule has 7 unspecified atom stereocenters. The Kier molecular flexibility index (Phi) is 4.17. The van der Waals surface area contributed by atoms with Gasteiger partial charge in [0, 0.05) is 5.41 Å². The van der Waals surface area contributed by atoms with Crippen molar-refractivity contribution in [2.75, 3.05) is 0 Å². The van der Waals surface area contributed by atoms with Crippen LogP contribution < -0.4 is 0 Å². The van der Waals surface area contributed by atoms with E-state index in [2.05, 4.69) is 25.1 Å². The summed E-state index contributed by atoms with van der Waals surface area (Å²) in [5.74, 6) is 3.39. The molecule has 0 aliphatic heterocycles. The average molecular weight is 384 g/mol. The molecular formula is C25H37NO2. The van der Waals surface area contributed by atoms with Gasteiger partial charge in [-0.3, -0.25) is 4.79 Å². The minimum absolute atomic E-state index is 0.0266. The summed E-state index contributed by atoms with van der Waals surface area (Å²) in [4.78, 5) is 13.1. The Bertz CT molecular complexity index is 754. The quantitative estimate of drug-likeness (QED) is 0.436. The van der Waals surface area contributed by atoms with E-state index in [1.54, 1.807) is 0 Å². The molecule has 5 rings (SSSR count). The Balaban J connectivity index is 1.53. The highest BCUT2D eigenvalue weighted by atomic mass is 16.4. The number of ketones is 1. The average Bonchev–Trinajstić information content (AvgIpc) is 2.97. The molecule has 0 radical (unpaired) electrons. The van der Waals surface area contributed by atoms with Crippen molar-refractivity contribution in [3.8, 4) is 0 Å². The van der Waals surface area contributed by atoms with Crippen LogP contribution >= 0.6 is 0 Å². The van der Waals surface area contributed by atoms with Crippen LogP contribution in [0.3, 0.4) is 0 Å². The second kappa shape index (κ2) is 6.19. The minimum atomic E-state index is -0.0266. The molecule has 0 aromatic rings. The largest absolute Gasteiger partial charge is 0.411 e. The van der Waals surface area contributed by atoms with E-state index < -0.39 is 0 Å². The van der Waals surface area contributed by atoms with E-state index in [4.69, 9.17) is 0 Å². The van der Waals surface area contributed by atoms with Gasteiger partial charge in [-0.1, -0.05) is 37.4 Å². The summed E-state index contributed by atoms with van der Waals surface area (Å²) < 4.78 is 0. The zero-order chi connectivity index (χ0) is 19.7. The molecule has 1 N–H and O–H groups in total. The number of hydrogen-bond donors (Lipinski definition) is 1. The number of carbonyl (C=O) groups excluding carboxylic acids is 1. The molecule has 5 aliphatic rings. The van der Waals surface area contributed by atoms with Crippen LogP contribution in [0.1, 0.15) is 91.4 Å². The molecule has 5 aliphatic carbocycles. The van der Waals surface area contributed by atoms with Gasteiger partial charge in [-0.25, -0.2) is 0 Å². The first-order valence-corrected chi connectivity index (χ1v) is 11.8. The number of carbonyl (C=O) groups is 1. The molecule has 28 heavy (non-hydrogen) atoms. The first-order valence-electron chi connectivity index (χ1n) is 11.8. The van der Waals surface area contributed by atoms with Crippen molar-refractivity contribution in [3.05, 3.63) is 11.6 Å². The third-order valence-corrected chi connectivity index (χ3v) is 10.8. The number of rotatable bonds is 1. The number of hydrogen-bond acceptors (Lipinski definition) is 3. The fraction of sp³-hybridized carbons (Fsp3) is 0.840. The Morgan fingerprint density at radius 1 is 1.07 bits per heavy atom. The Morgan fingerprint density at radius 2 is 1.89 bits per heavy atom. The molecule has 0 aromatic carbocycles. The first-order chi connectivity index (χ1) is 13.4. The molecule has 154 valence electrons. The maximum atomic E-state index is 13.1. The summed E-state index contributed by atoms with van der Waals surface area (Å²) >= 11 is 0. The highest BCUT2D eigenvalue weighted by Crippen LogP contribution is 2.74. The van der Waals surface area contributed by atoms with Crippen LogP contribution in [0.5, 0.6) is 0 Å². The summed E-state index contributed by atoms with van der Waals surface area (Å²) in [6.07, 6.45) is 15.5. The molecule has 4 saturated carbocycles. The van der Waals surface area contributed by atoms with Crippen LogP contribution in [-0.2, 0) is 4.79 Å². The Morgan fingerprint density at radius 3 is 2.64 bits per heavy atom. The molecular weight excluding hydrogens is 346 g/mol. The number of oxime groups is 1. The highest BCUT2D eigenvalue weighted by Gasteiger charge is 2.69. The van der Waals surface area contributed by atoms with E-state index >= 15 is 0 Å². The van der Waals surface area contributed by atoms with Crippen LogP contribution in [0.15, 0.2) is 16.8 Å². The summed E-state index contributed by atoms with van der Waals surface area (Å²) in [5, 5.41) is 12.8. The van der Waals surface area contributed by atoms with Crippen LogP contribution in [0, 0.1) is 39.9 Å². The monoisotopic (exact) mass is 383 g/mol. The van der Waals surface area contributed by atoms with E-state index in [0.717, 1.165) is 49.1 Å². The summed E-state index contributed by atoms with van der Waals surface area (Å²) in [6.45, 7) is 6.93. The van der Waals surface area contributed by atoms with E-state index in [1.165, 1.54) is 50.5 Å². The number of nitrogens with zero attached hydrogens (tertiary/aromatic N) is 1. The summed E-state index contributed by atoms with van der Waals surface area (Å²) in [7, 11) is 0. The third kappa shape index (κ3) is 2.17. The number of fused-ring (bicyclic) bond motifs is 7. The van der Waals surface area contributed by atoms with E-state index in [0.29, 0.717) is 11.7 Å². The van der Waals surface area contributed by atoms with Crippen LogP contribution in [0.4, 0.5) is 0 Å². The van der Waals surface area contributed by atoms with Gasteiger partial charge in [-0.2, -0.15) is 0 Å². The van der Waals surface area contributed by atoms with Crippen molar-refractivity contribution in [3.63, 3.8) is 0 Å². The van der Waals surface area contributed by atoms with Gasteiger partial charge in [0.15, 0.2) is 0 Å². The molecule has 0 spiro atoms. The maximum absolute atomic E-state index is 13.1. The normalized spacial score (nSPS) is 51.5. The summed E-state index contributed by atoms with van der Waals surface area (Å²) in [6, 6.07) is 0. The van der Waals surface area contributed by atoms with Crippen molar-refractivity contribution >= 4 is 11.5 Å². The van der Waals surface area contributed by atoms with E-state index in [1.807, 2.05) is 6.92 Å². The number of allylic oxidation sites excluding steroid dienone is 2.